The van der Waals surface area contributed by atoms with E-state index in [4.69, 9.17) is 0 Å². The average molecular weight is 202 g/mol. The van der Waals surface area contributed by atoms with Gasteiger partial charge in [0.2, 0.25) is 0 Å². The molecule has 0 fully saturated rings. The van der Waals surface area contributed by atoms with Gasteiger partial charge in [0.25, 0.3) is 6.47 Å². The Morgan fingerprint density at radius 3 is 2.87 bits per heavy atom. The minimum atomic E-state index is 0.201. The van der Waals surface area contributed by atoms with Crippen LogP contribution in [0, 0.1) is 0 Å². The lowest BCUT2D eigenvalue weighted by atomic mass is 10.1. The fourth-order valence-corrected chi connectivity index (χ4v) is 1.32. The minimum Gasteiger partial charge on any atom is -0.461 e. The molecule has 0 aliphatic carbocycles. The molecule has 4 heteroatoms. The van der Waals surface area contributed by atoms with E-state index in [2.05, 4.69) is 14.9 Å². The van der Waals surface area contributed by atoms with Gasteiger partial charge in [-0.2, -0.15) is 5.10 Å². The van der Waals surface area contributed by atoms with Crippen molar-refractivity contribution in [1.82, 2.24) is 10.2 Å². The number of nitrogens with zero attached hydrogens (tertiary/aromatic N) is 1. The maximum Gasteiger partial charge on any atom is 0.293 e. The average Bonchev–Trinajstić information content (AvgIpc) is 2.76. The van der Waals surface area contributed by atoms with Crippen molar-refractivity contribution in [2.75, 3.05) is 0 Å². The summed E-state index contributed by atoms with van der Waals surface area (Å²) < 4.78 is 4.61. The molecule has 76 valence electrons. The Hall–Kier alpha value is -2.10. The first-order chi connectivity index (χ1) is 7.40. The molecule has 2 aromatic rings. The van der Waals surface area contributed by atoms with E-state index in [0.29, 0.717) is 12.2 Å². The molecule has 1 aromatic heterocycles. The Morgan fingerprint density at radius 1 is 1.33 bits per heavy atom. The zero-order chi connectivity index (χ0) is 10.5. The maximum absolute atomic E-state index is 9.99. The number of ether oxygens (including phenoxy) is 1. The molecule has 0 bridgehead atoms. The molecule has 0 amide bonds. The van der Waals surface area contributed by atoms with Crippen LogP contribution in [0.5, 0.6) is 0 Å². The second-order valence-corrected chi connectivity index (χ2v) is 3.05. The molecule has 0 unspecified atom stereocenters. The van der Waals surface area contributed by atoms with Crippen molar-refractivity contribution in [3.05, 3.63) is 42.1 Å². The number of aromatic nitrogens is 2. The van der Waals surface area contributed by atoms with Gasteiger partial charge in [-0.15, -0.1) is 0 Å². The van der Waals surface area contributed by atoms with Gasteiger partial charge >= 0.3 is 0 Å². The highest BCUT2D eigenvalue weighted by molar-refractivity contribution is 5.58. The van der Waals surface area contributed by atoms with Crippen LogP contribution in [0.4, 0.5) is 0 Å². The highest BCUT2D eigenvalue weighted by atomic mass is 16.5. The Morgan fingerprint density at radius 2 is 2.13 bits per heavy atom. The normalized spacial score (nSPS) is 9.87. The molecule has 0 aliphatic heterocycles. The minimum absolute atomic E-state index is 0.201. The van der Waals surface area contributed by atoms with E-state index >= 15 is 0 Å². The number of hydrogen-bond donors (Lipinski definition) is 1. The molecular formula is C11H10N2O2. The van der Waals surface area contributed by atoms with E-state index in [1.54, 1.807) is 0 Å². The van der Waals surface area contributed by atoms with Gasteiger partial charge in [0.15, 0.2) is 0 Å². The topological polar surface area (TPSA) is 55.0 Å². The number of benzene rings is 1. The van der Waals surface area contributed by atoms with Crippen molar-refractivity contribution < 1.29 is 9.53 Å². The summed E-state index contributed by atoms with van der Waals surface area (Å²) in [5, 5.41) is 6.91. The van der Waals surface area contributed by atoms with Crippen LogP contribution in [-0.2, 0) is 16.1 Å². The van der Waals surface area contributed by atoms with Gasteiger partial charge in [-0.25, -0.2) is 0 Å². The summed E-state index contributed by atoms with van der Waals surface area (Å²) in [6.45, 7) is 0.615. The summed E-state index contributed by atoms with van der Waals surface area (Å²) in [7, 11) is 0. The van der Waals surface area contributed by atoms with Crippen LogP contribution < -0.4 is 0 Å². The third kappa shape index (κ3) is 2.22. The van der Waals surface area contributed by atoms with E-state index in [1.165, 1.54) is 0 Å². The summed E-state index contributed by atoms with van der Waals surface area (Å²) in [5.74, 6) is 0. The van der Waals surface area contributed by atoms with Gasteiger partial charge in [-0.1, -0.05) is 30.3 Å². The fraction of sp³-hybridized carbons (Fsp3) is 0.0909. The fourth-order valence-electron chi connectivity index (χ4n) is 1.32. The first-order valence-corrected chi connectivity index (χ1v) is 4.55. The van der Waals surface area contributed by atoms with E-state index in [1.807, 2.05) is 36.4 Å². The lowest BCUT2D eigenvalue weighted by Gasteiger charge is -1.94. The standard InChI is InChI=1S/C11H10N2O2/c14-8-15-7-10-6-11(13-12-10)9-4-2-1-3-5-9/h1-6,8H,7H2,(H,12,13). The van der Waals surface area contributed by atoms with Gasteiger partial charge in [0.1, 0.15) is 12.3 Å². The van der Waals surface area contributed by atoms with Gasteiger partial charge in [0.05, 0.1) is 5.69 Å². The molecule has 0 aliphatic rings. The molecule has 1 heterocycles. The number of aromatic amines is 1. The second kappa shape index (κ2) is 4.41. The quantitative estimate of drug-likeness (QED) is 0.768. The zero-order valence-electron chi connectivity index (χ0n) is 8.01. The molecule has 4 nitrogen and oxygen atoms in total. The van der Waals surface area contributed by atoms with Crippen molar-refractivity contribution in [2.45, 2.75) is 6.61 Å². The first-order valence-electron chi connectivity index (χ1n) is 4.55. The highest BCUT2D eigenvalue weighted by Gasteiger charge is 2.02. The van der Waals surface area contributed by atoms with Crippen LogP contribution in [-0.4, -0.2) is 16.7 Å². The molecular weight excluding hydrogens is 192 g/mol. The molecule has 0 radical (unpaired) electrons. The van der Waals surface area contributed by atoms with E-state index in [0.717, 1.165) is 11.3 Å². The number of carbonyl (C=O) groups is 1. The summed E-state index contributed by atoms with van der Waals surface area (Å²) in [6, 6.07) is 11.7. The Bertz CT molecular complexity index is 437. The van der Waals surface area contributed by atoms with Gasteiger partial charge in [-0.05, 0) is 11.6 Å². The summed E-state index contributed by atoms with van der Waals surface area (Å²) >= 11 is 0. The molecule has 1 aromatic carbocycles. The third-order valence-corrected chi connectivity index (χ3v) is 2.01. The van der Waals surface area contributed by atoms with Gasteiger partial charge < -0.3 is 4.74 Å². The number of H-pyrrole nitrogens is 1. The van der Waals surface area contributed by atoms with Crippen molar-refractivity contribution in [3.63, 3.8) is 0 Å². The molecule has 0 spiro atoms. The molecule has 0 atom stereocenters. The van der Waals surface area contributed by atoms with Crippen molar-refractivity contribution >= 4 is 6.47 Å². The number of nitrogens with one attached hydrogen (secondary N) is 1. The second-order valence-electron chi connectivity index (χ2n) is 3.05. The smallest absolute Gasteiger partial charge is 0.293 e. The predicted octanol–water partition coefficient (Wildman–Crippen LogP) is 1.75. The van der Waals surface area contributed by atoms with Gasteiger partial charge in [0, 0.05) is 0 Å². The maximum atomic E-state index is 9.99. The van der Waals surface area contributed by atoms with Crippen LogP contribution in [0.25, 0.3) is 11.3 Å². The highest BCUT2D eigenvalue weighted by Crippen LogP contribution is 2.16. The Labute approximate surface area is 86.9 Å². The Kier molecular flexibility index (Phi) is 2.78. The molecule has 15 heavy (non-hydrogen) atoms. The van der Waals surface area contributed by atoms with E-state index < -0.39 is 0 Å². The molecule has 0 saturated carbocycles. The van der Waals surface area contributed by atoms with Crippen molar-refractivity contribution in [3.8, 4) is 11.3 Å². The molecule has 2 rings (SSSR count). The molecule has 1 N–H and O–H groups in total. The number of rotatable bonds is 4. The predicted molar refractivity (Wildman–Crippen MR) is 54.9 cm³/mol. The van der Waals surface area contributed by atoms with Crippen LogP contribution in [0.2, 0.25) is 0 Å². The lowest BCUT2D eigenvalue weighted by Crippen LogP contribution is -1.89. The van der Waals surface area contributed by atoms with Crippen LogP contribution in [0.15, 0.2) is 36.4 Å². The summed E-state index contributed by atoms with van der Waals surface area (Å²) in [6.07, 6.45) is 0. The zero-order valence-corrected chi connectivity index (χ0v) is 8.01. The third-order valence-electron chi connectivity index (χ3n) is 2.01. The summed E-state index contributed by atoms with van der Waals surface area (Å²) in [4.78, 5) is 9.99. The number of carbonyl (C=O) groups excluding carboxylic acids is 1. The monoisotopic (exact) mass is 202 g/mol. The SMILES string of the molecule is O=COCc1cc(-c2ccccc2)[nH]n1. The van der Waals surface area contributed by atoms with Crippen molar-refractivity contribution in [2.24, 2.45) is 0 Å². The summed E-state index contributed by atoms with van der Waals surface area (Å²) in [5.41, 5.74) is 2.68. The largest absolute Gasteiger partial charge is 0.461 e. The van der Waals surface area contributed by atoms with Crippen LogP contribution >= 0.6 is 0 Å². The lowest BCUT2D eigenvalue weighted by molar-refractivity contribution is -0.129. The Balaban J connectivity index is 2.17. The van der Waals surface area contributed by atoms with E-state index in [-0.39, 0.29) is 6.61 Å². The molecule has 0 saturated heterocycles. The van der Waals surface area contributed by atoms with E-state index in [9.17, 15) is 4.79 Å². The van der Waals surface area contributed by atoms with Crippen molar-refractivity contribution in [1.29, 1.82) is 0 Å². The van der Waals surface area contributed by atoms with Crippen LogP contribution in [0.3, 0.4) is 0 Å². The first kappa shape index (κ1) is 9.45. The number of hydrogen-bond acceptors (Lipinski definition) is 3. The van der Waals surface area contributed by atoms with Crippen LogP contribution in [0.1, 0.15) is 5.69 Å². The van der Waals surface area contributed by atoms with Gasteiger partial charge in [-0.3, -0.25) is 9.89 Å².